The van der Waals surface area contributed by atoms with Gasteiger partial charge in [-0.15, -0.1) is 0 Å². The van der Waals surface area contributed by atoms with Crippen molar-refractivity contribution in [3.8, 4) is 0 Å². The van der Waals surface area contributed by atoms with E-state index in [0.29, 0.717) is 16.5 Å². The van der Waals surface area contributed by atoms with Crippen LogP contribution in [0.3, 0.4) is 0 Å². The van der Waals surface area contributed by atoms with Crippen LogP contribution in [0.5, 0.6) is 0 Å². The first-order valence-electron chi connectivity index (χ1n) is 10.8. The fourth-order valence-electron chi connectivity index (χ4n) is 3.89. The predicted octanol–water partition coefficient (Wildman–Crippen LogP) is 4.56. The number of fused-ring (bicyclic) bond motifs is 2. The van der Waals surface area contributed by atoms with Crippen molar-refractivity contribution in [1.29, 1.82) is 0 Å². The largest absolute Gasteiger partial charge is 0.480 e. The van der Waals surface area contributed by atoms with E-state index in [0.717, 1.165) is 48.3 Å². The average molecular weight is 442 g/mol. The fourth-order valence-corrected chi connectivity index (χ4v) is 4.12. The molecule has 0 aliphatic heterocycles. The standard InChI is InChI=1S/C24H31N3O3S/c1-5-26(6-2)16-9-11-18-21(13-16)30-22-14-17(27(7-3)8-4)10-12-19(22)23(18)25-20(15-31)24(28)29/h9-14,20,31H,5-8,15H2,1-4H3,(H,28,29). The van der Waals surface area contributed by atoms with Gasteiger partial charge in [0.25, 0.3) is 0 Å². The Kier molecular flexibility index (Phi) is 7.49. The topological polar surface area (TPSA) is 69.3 Å². The average Bonchev–Trinajstić information content (AvgIpc) is 2.77. The van der Waals surface area contributed by atoms with Crippen LogP contribution in [0.4, 0.5) is 11.4 Å². The normalized spacial score (nSPS) is 12.2. The second-order valence-corrected chi connectivity index (χ2v) is 7.69. The van der Waals surface area contributed by atoms with E-state index in [9.17, 15) is 9.90 Å². The first-order valence-corrected chi connectivity index (χ1v) is 11.5. The van der Waals surface area contributed by atoms with E-state index in [4.69, 9.17) is 4.42 Å². The minimum Gasteiger partial charge on any atom is -0.480 e. The van der Waals surface area contributed by atoms with E-state index < -0.39 is 12.0 Å². The molecule has 1 N–H and O–H groups in total. The number of nitrogens with zero attached hydrogens (tertiary/aromatic N) is 3. The highest BCUT2D eigenvalue weighted by atomic mass is 32.1. The van der Waals surface area contributed by atoms with Gasteiger partial charge in [0.2, 0.25) is 0 Å². The van der Waals surface area contributed by atoms with Gasteiger partial charge in [0.05, 0.1) is 5.36 Å². The van der Waals surface area contributed by atoms with Crippen molar-refractivity contribution in [1.82, 2.24) is 0 Å². The summed E-state index contributed by atoms with van der Waals surface area (Å²) in [6.45, 7) is 12.0. The summed E-state index contributed by atoms with van der Waals surface area (Å²) in [6, 6.07) is 11.1. The predicted molar refractivity (Wildman–Crippen MR) is 132 cm³/mol. The summed E-state index contributed by atoms with van der Waals surface area (Å²) < 4.78 is 6.34. The summed E-state index contributed by atoms with van der Waals surface area (Å²) in [5.41, 5.74) is 3.51. The Morgan fingerprint density at radius 1 is 0.935 bits per heavy atom. The molecule has 1 atom stereocenters. The molecule has 2 aromatic carbocycles. The van der Waals surface area contributed by atoms with Crippen molar-refractivity contribution in [2.75, 3.05) is 41.7 Å². The maximum absolute atomic E-state index is 11.7. The number of rotatable bonds is 9. The van der Waals surface area contributed by atoms with E-state index in [1.54, 1.807) is 0 Å². The van der Waals surface area contributed by atoms with Crippen molar-refractivity contribution in [3.63, 3.8) is 0 Å². The second kappa shape index (κ2) is 10.1. The van der Waals surface area contributed by atoms with E-state index >= 15 is 0 Å². The third-order valence-corrected chi connectivity index (χ3v) is 6.01. The monoisotopic (exact) mass is 441 g/mol. The zero-order valence-corrected chi connectivity index (χ0v) is 19.5. The molecule has 0 bridgehead atoms. The van der Waals surface area contributed by atoms with Crippen LogP contribution < -0.4 is 15.2 Å². The number of aliphatic carboxylic acids is 1. The van der Waals surface area contributed by atoms with Gasteiger partial charge in [0.1, 0.15) is 11.2 Å². The van der Waals surface area contributed by atoms with Crippen LogP contribution in [-0.4, -0.2) is 49.0 Å². The van der Waals surface area contributed by atoms with Gasteiger partial charge >= 0.3 is 5.97 Å². The smallest absolute Gasteiger partial charge is 0.329 e. The van der Waals surface area contributed by atoms with Crippen molar-refractivity contribution in [2.24, 2.45) is 4.99 Å². The number of carboxylic acids is 1. The molecule has 0 aliphatic rings. The van der Waals surface area contributed by atoms with Gasteiger partial charge in [-0.2, -0.15) is 12.6 Å². The molecule has 0 radical (unpaired) electrons. The lowest BCUT2D eigenvalue weighted by molar-refractivity contribution is -0.137. The van der Waals surface area contributed by atoms with Crippen LogP contribution in [0.25, 0.3) is 21.9 Å². The molecule has 0 fully saturated rings. The van der Waals surface area contributed by atoms with E-state index in [1.165, 1.54) is 0 Å². The highest BCUT2D eigenvalue weighted by molar-refractivity contribution is 7.80. The van der Waals surface area contributed by atoms with Crippen LogP contribution in [0.1, 0.15) is 27.7 Å². The van der Waals surface area contributed by atoms with Crippen LogP contribution in [0.2, 0.25) is 0 Å². The SMILES string of the molecule is CCN(CC)c1ccc2c(=NC(CS)C(=O)O)c3ccc(N(CC)CC)cc3oc2c1. The number of thiol groups is 1. The van der Waals surface area contributed by atoms with Gasteiger partial charge in [0, 0.05) is 66.2 Å². The summed E-state index contributed by atoms with van der Waals surface area (Å²) in [5.74, 6) is -0.865. The highest BCUT2D eigenvalue weighted by Crippen LogP contribution is 2.27. The quantitative estimate of drug-likeness (QED) is 0.376. The van der Waals surface area contributed by atoms with Crippen LogP contribution >= 0.6 is 12.6 Å². The number of hydrogen-bond donors (Lipinski definition) is 2. The van der Waals surface area contributed by atoms with Gasteiger partial charge in [-0.05, 0) is 52.0 Å². The van der Waals surface area contributed by atoms with Gasteiger partial charge < -0.3 is 19.3 Å². The molecule has 3 rings (SSSR count). The Morgan fingerprint density at radius 2 is 1.39 bits per heavy atom. The van der Waals surface area contributed by atoms with Crippen molar-refractivity contribution in [3.05, 3.63) is 41.8 Å². The molecule has 0 saturated carbocycles. The molecule has 166 valence electrons. The summed E-state index contributed by atoms with van der Waals surface area (Å²) in [7, 11) is 0. The second-order valence-electron chi connectivity index (χ2n) is 7.32. The van der Waals surface area contributed by atoms with Gasteiger partial charge in [-0.1, -0.05) is 0 Å². The Morgan fingerprint density at radius 3 is 1.74 bits per heavy atom. The molecule has 0 aliphatic carbocycles. The fraction of sp³-hybridized carbons (Fsp3) is 0.417. The molecule has 7 heteroatoms. The molecular formula is C24H31N3O3S. The molecule has 0 saturated heterocycles. The Bertz CT molecular complexity index is 1060. The Hall–Kier alpha value is -2.67. The summed E-state index contributed by atoms with van der Waals surface area (Å²) >= 11 is 4.20. The van der Waals surface area contributed by atoms with Gasteiger partial charge in [-0.3, -0.25) is 4.99 Å². The lowest BCUT2D eigenvalue weighted by Gasteiger charge is -2.22. The summed E-state index contributed by atoms with van der Waals surface area (Å²) in [4.78, 5) is 20.8. The summed E-state index contributed by atoms with van der Waals surface area (Å²) in [6.07, 6.45) is 0. The van der Waals surface area contributed by atoms with Crippen molar-refractivity contribution >= 4 is 51.9 Å². The van der Waals surface area contributed by atoms with Crippen LogP contribution in [0.15, 0.2) is 45.8 Å². The summed E-state index contributed by atoms with van der Waals surface area (Å²) in [5, 5.41) is 11.8. The number of carbonyl (C=O) groups is 1. The Balaban J connectivity index is 2.36. The van der Waals surface area contributed by atoms with Crippen molar-refractivity contribution in [2.45, 2.75) is 33.7 Å². The van der Waals surface area contributed by atoms with E-state index in [-0.39, 0.29) is 5.75 Å². The number of carboxylic acid groups (broad SMARTS) is 1. The molecular weight excluding hydrogens is 410 g/mol. The number of benzene rings is 2. The molecule has 6 nitrogen and oxygen atoms in total. The lowest BCUT2D eigenvalue weighted by Crippen LogP contribution is -2.24. The van der Waals surface area contributed by atoms with Crippen molar-refractivity contribution < 1.29 is 14.3 Å². The first kappa shape index (κ1) is 23.0. The molecule has 0 spiro atoms. The molecule has 1 unspecified atom stereocenters. The molecule has 31 heavy (non-hydrogen) atoms. The first-order chi connectivity index (χ1) is 15.0. The minimum atomic E-state index is -0.989. The number of anilines is 2. The minimum absolute atomic E-state index is 0.124. The highest BCUT2D eigenvalue weighted by Gasteiger charge is 2.16. The molecule has 1 aromatic heterocycles. The zero-order valence-electron chi connectivity index (χ0n) is 18.6. The number of hydrogen-bond acceptors (Lipinski definition) is 6. The lowest BCUT2D eigenvalue weighted by atomic mass is 10.1. The third kappa shape index (κ3) is 4.66. The maximum atomic E-state index is 11.7. The molecule has 3 aromatic rings. The van der Waals surface area contributed by atoms with Gasteiger partial charge in [0.15, 0.2) is 6.04 Å². The van der Waals surface area contributed by atoms with Gasteiger partial charge in [-0.25, -0.2) is 4.79 Å². The van der Waals surface area contributed by atoms with E-state index in [1.807, 2.05) is 36.4 Å². The maximum Gasteiger partial charge on any atom is 0.329 e. The third-order valence-electron chi connectivity index (χ3n) is 5.66. The Labute approximate surface area is 188 Å². The molecule has 0 amide bonds. The van der Waals surface area contributed by atoms with E-state index in [2.05, 4.69) is 55.1 Å². The van der Waals surface area contributed by atoms with Crippen LogP contribution in [-0.2, 0) is 4.79 Å². The van der Waals surface area contributed by atoms with Crippen LogP contribution in [0, 0.1) is 0 Å². The zero-order chi connectivity index (χ0) is 22.5. The molecule has 1 heterocycles.